The molecule has 0 bridgehead atoms. The molecule has 5 nitrogen and oxygen atoms in total. The average Bonchev–Trinajstić information content (AvgIpc) is 2.56. The molecule has 0 saturated carbocycles. The van der Waals surface area contributed by atoms with Crippen molar-refractivity contribution in [2.75, 3.05) is 5.73 Å². The molecule has 90 valence electrons. The number of hydrogen-bond donors (Lipinski definition) is 1. The van der Waals surface area contributed by atoms with Gasteiger partial charge in [-0.2, -0.15) is 5.10 Å². The third-order valence-corrected chi connectivity index (χ3v) is 3.26. The highest BCUT2D eigenvalue weighted by Gasteiger charge is 2.15. The largest absolute Gasteiger partial charge is 0.383 e. The van der Waals surface area contributed by atoms with Gasteiger partial charge in [0.15, 0.2) is 5.82 Å². The summed E-state index contributed by atoms with van der Waals surface area (Å²) in [4.78, 5) is 8.23. The summed E-state index contributed by atoms with van der Waals surface area (Å²) < 4.78 is 1.72. The summed E-state index contributed by atoms with van der Waals surface area (Å²) in [5.74, 6) is 1.19. The Morgan fingerprint density at radius 3 is 2.59 bits per heavy atom. The Morgan fingerprint density at radius 1 is 1.35 bits per heavy atom. The van der Waals surface area contributed by atoms with E-state index >= 15 is 0 Å². The molecular weight excluding hydrogens is 238 g/mol. The van der Waals surface area contributed by atoms with Crippen LogP contribution in [0.2, 0.25) is 5.02 Å². The lowest BCUT2D eigenvalue weighted by Crippen LogP contribution is -2.09. The van der Waals surface area contributed by atoms with E-state index in [0.717, 1.165) is 23.4 Å². The number of aromatic nitrogens is 4. The summed E-state index contributed by atoms with van der Waals surface area (Å²) in [6.45, 7) is 5.77. The molecule has 0 saturated heterocycles. The molecule has 0 amide bonds. The molecule has 0 aromatic carbocycles. The van der Waals surface area contributed by atoms with Crippen molar-refractivity contribution in [3.8, 4) is 5.82 Å². The van der Waals surface area contributed by atoms with E-state index < -0.39 is 0 Å². The number of anilines is 1. The number of nitrogen functional groups attached to an aromatic ring is 1. The molecule has 2 N–H and O–H groups in total. The Morgan fingerprint density at radius 2 is 2.06 bits per heavy atom. The van der Waals surface area contributed by atoms with Crippen LogP contribution < -0.4 is 5.73 Å². The van der Waals surface area contributed by atoms with Gasteiger partial charge in [-0.1, -0.05) is 18.5 Å². The van der Waals surface area contributed by atoms with Crippen LogP contribution in [0.15, 0.2) is 6.33 Å². The van der Waals surface area contributed by atoms with Crippen LogP contribution in [0.4, 0.5) is 5.82 Å². The van der Waals surface area contributed by atoms with E-state index in [9.17, 15) is 0 Å². The lowest BCUT2D eigenvalue weighted by molar-refractivity contribution is 0.786. The fraction of sp³-hybridized carbons (Fsp3) is 0.364. The molecule has 2 rings (SSSR count). The molecule has 0 radical (unpaired) electrons. The van der Waals surface area contributed by atoms with Crippen LogP contribution in [0.25, 0.3) is 5.82 Å². The van der Waals surface area contributed by atoms with Gasteiger partial charge in [-0.05, 0) is 20.3 Å². The predicted octanol–water partition coefficient (Wildman–Crippen LogP) is 2.08. The first-order chi connectivity index (χ1) is 8.06. The second-order valence-electron chi connectivity index (χ2n) is 3.81. The van der Waals surface area contributed by atoms with Crippen LogP contribution in [-0.4, -0.2) is 19.7 Å². The van der Waals surface area contributed by atoms with Crippen LogP contribution in [0.1, 0.15) is 23.9 Å². The van der Waals surface area contributed by atoms with Gasteiger partial charge in [0.2, 0.25) is 0 Å². The first-order valence-corrected chi connectivity index (χ1v) is 5.75. The summed E-state index contributed by atoms with van der Waals surface area (Å²) in [6.07, 6.45) is 2.19. The van der Waals surface area contributed by atoms with Crippen molar-refractivity contribution in [3.05, 3.63) is 28.3 Å². The minimum Gasteiger partial charge on any atom is -0.383 e. The molecule has 6 heteroatoms. The van der Waals surface area contributed by atoms with Crippen LogP contribution in [0.3, 0.4) is 0 Å². The van der Waals surface area contributed by atoms with Crippen LogP contribution in [0.5, 0.6) is 0 Å². The topological polar surface area (TPSA) is 69.6 Å². The van der Waals surface area contributed by atoms with E-state index in [1.54, 1.807) is 4.68 Å². The molecule has 0 aliphatic carbocycles. The zero-order valence-electron chi connectivity index (χ0n) is 10.0. The van der Waals surface area contributed by atoms with Crippen molar-refractivity contribution in [2.24, 2.45) is 0 Å². The second kappa shape index (κ2) is 4.33. The molecule has 0 spiro atoms. The minimum atomic E-state index is 0.487. The van der Waals surface area contributed by atoms with E-state index in [0.29, 0.717) is 16.7 Å². The van der Waals surface area contributed by atoms with Gasteiger partial charge >= 0.3 is 0 Å². The smallest absolute Gasteiger partial charge is 0.162 e. The zero-order chi connectivity index (χ0) is 12.6. The van der Waals surface area contributed by atoms with Gasteiger partial charge < -0.3 is 5.73 Å². The van der Waals surface area contributed by atoms with Gasteiger partial charge in [-0.25, -0.2) is 14.6 Å². The van der Waals surface area contributed by atoms with E-state index in [2.05, 4.69) is 15.1 Å². The number of hydrogen-bond acceptors (Lipinski definition) is 4. The van der Waals surface area contributed by atoms with Crippen LogP contribution >= 0.6 is 11.6 Å². The Bertz CT molecular complexity index is 561. The second-order valence-corrected chi connectivity index (χ2v) is 4.19. The first kappa shape index (κ1) is 11.9. The monoisotopic (exact) mass is 251 g/mol. The van der Waals surface area contributed by atoms with Gasteiger partial charge in [0.1, 0.15) is 12.1 Å². The Labute approximate surface area is 105 Å². The SMILES string of the molecule is CCc1c(N)ncnc1-n1nc(C)c(Cl)c1C. The highest BCUT2D eigenvalue weighted by Crippen LogP contribution is 2.24. The lowest BCUT2D eigenvalue weighted by atomic mass is 10.2. The van der Waals surface area contributed by atoms with Crippen molar-refractivity contribution in [3.63, 3.8) is 0 Å². The molecule has 2 heterocycles. The molecule has 0 unspecified atom stereocenters. The summed E-state index contributed by atoms with van der Waals surface area (Å²) >= 11 is 6.13. The molecular formula is C11H14ClN5. The van der Waals surface area contributed by atoms with Crippen molar-refractivity contribution >= 4 is 17.4 Å². The van der Waals surface area contributed by atoms with Gasteiger partial charge in [0, 0.05) is 5.56 Å². The van der Waals surface area contributed by atoms with Crippen LogP contribution in [-0.2, 0) is 6.42 Å². The molecule has 2 aromatic heterocycles. The van der Waals surface area contributed by atoms with Crippen LogP contribution in [0, 0.1) is 13.8 Å². The van der Waals surface area contributed by atoms with Gasteiger partial charge in [0.25, 0.3) is 0 Å². The highest BCUT2D eigenvalue weighted by atomic mass is 35.5. The van der Waals surface area contributed by atoms with Gasteiger partial charge in [0.05, 0.1) is 16.4 Å². The van der Waals surface area contributed by atoms with E-state index in [1.165, 1.54) is 6.33 Å². The average molecular weight is 252 g/mol. The molecule has 0 aliphatic heterocycles. The maximum Gasteiger partial charge on any atom is 0.162 e. The number of halogens is 1. The van der Waals surface area contributed by atoms with E-state index in [4.69, 9.17) is 17.3 Å². The summed E-state index contributed by atoms with van der Waals surface area (Å²) in [5.41, 5.74) is 8.36. The summed E-state index contributed by atoms with van der Waals surface area (Å²) in [7, 11) is 0. The lowest BCUT2D eigenvalue weighted by Gasteiger charge is -2.09. The Hall–Kier alpha value is -1.62. The maximum absolute atomic E-state index is 6.13. The standard InChI is InChI=1S/C11H14ClN5/c1-4-8-10(13)14-5-15-11(8)17-7(3)9(12)6(2)16-17/h5H,4H2,1-3H3,(H2,13,14,15). The number of nitrogens with two attached hydrogens (primary N) is 1. The number of rotatable bonds is 2. The van der Waals surface area contributed by atoms with Gasteiger partial charge in [-0.15, -0.1) is 0 Å². The summed E-state index contributed by atoms with van der Waals surface area (Å²) in [6, 6.07) is 0. The fourth-order valence-corrected chi connectivity index (χ4v) is 1.89. The van der Waals surface area contributed by atoms with E-state index in [-0.39, 0.29) is 0 Å². The highest BCUT2D eigenvalue weighted by molar-refractivity contribution is 6.31. The third-order valence-electron chi connectivity index (χ3n) is 2.71. The maximum atomic E-state index is 6.13. The molecule has 0 atom stereocenters. The Balaban J connectivity index is 2.68. The number of aryl methyl sites for hydroxylation is 1. The number of nitrogens with zero attached hydrogens (tertiary/aromatic N) is 4. The van der Waals surface area contributed by atoms with E-state index in [1.807, 2.05) is 20.8 Å². The fourth-order valence-electron chi connectivity index (χ4n) is 1.77. The molecule has 0 fully saturated rings. The molecule has 17 heavy (non-hydrogen) atoms. The molecule has 0 aliphatic rings. The van der Waals surface area contributed by atoms with Crippen molar-refractivity contribution in [2.45, 2.75) is 27.2 Å². The zero-order valence-corrected chi connectivity index (χ0v) is 10.8. The quantitative estimate of drug-likeness (QED) is 0.887. The third kappa shape index (κ3) is 1.86. The normalized spacial score (nSPS) is 10.8. The predicted molar refractivity (Wildman–Crippen MR) is 67.4 cm³/mol. The van der Waals surface area contributed by atoms with Crippen molar-refractivity contribution < 1.29 is 0 Å². The Kier molecular flexibility index (Phi) is 3.02. The van der Waals surface area contributed by atoms with Gasteiger partial charge in [-0.3, -0.25) is 0 Å². The summed E-state index contributed by atoms with van der Waals surface area (Å²) in [5, 5.41) is 5.03. The van der Waals surface area contributed by atoms with Crippen molar-refractivity contribution in [1.29, 1.82) is 0 Å². The minimum absolute atomic E-state index is 0.487. The van der Waals surface area contributed by atoms with Crippen molar-refractivity contribution in [1.82, 2.24) is 19.7 Å². The first-order valence-electron chi connectivity index (χ1n) is 5.37. The molecule has 2 aromatic rings.